The standard InChI is InChI=1S/C22H18F3N3O5/c1-13-11-17(28-33-13)27-21(31)19(14-5-3-2-4-6-14)32-18(29)12-26-20(30)15-7-9-16(10-8-15)22(23,24)25/h2-11,19H,12H2,1H3,(H,26,30)(H,27,28,31). The van der Waals surface area contributed by atoms with E-state index in [1.165, 1.54) is 6.07 Å². The van der Waals surface area contributed by atoms with Gasteiger partial charge in [0, 0.05) is 17.2 Å². The minimum absolute atomic E-state index is 0.0745. The second kappa shape index (κ2) is 9.98. The summed E-state index contributed by atoms with van der Waals surface area (Å²) < 4.78 is 48.0. The van der Waals surface area contributed by atoms with Crippen LogP contribution >= 0.6 is 0 Å². The van der Waals surface area contributed by atoms with Gasteiger partial charge >= 0.3 is 12.1 Å². The van der Waals surface area contributed by atoms with Crippen LogP contribution in [0.2, 0.25) is 0 Å². The molecule has 1 aromatic heterocycles. The summed E-state index contributed by atoms with van der Waals surface area (Å²) in [6.07, 6.45) is -5.88. The molecule has 3 aromatic rings. The lowest BCUT2D eigenvalue weighted by molar-refractivity contribution is -0.153. The van der Waals surface area contributed by atoms with Crippen LogP contribution in [0, 0.1) is 6.92 Å². The Morgan fingerprint density at radius 2 is 1.73 bits per heavy atom. The topological polar surface area (TPSA) is 111 Å². The molecule has 1 heterocycles. The molecule has 2 N–H and O–H groups in total. The summed E-state index contributed by atoms with van der Waals surface area (Å²) in [5.74, 6) is -1.82. The Labute approximate surface area is 185 Å². The maximum absolute atomic E-state index is 12.7. The van der Waals surface area contributed by atoms with Gasteiger partial charge in [-0.25, -0.2) is 0 Å². The Morgan fingerprint density at radius 1 is 1.06 bits per heavy atom. The first-order valence-electron chi connectivity index (χ1n) is 9.57. The van der Waals surface area contributed by atoms with Gasteiger partial charge in [-0.1, -0.05) is 35.5 Å². The van der Waals surface area contributed by atoms with Crippen LogP contribution in [-0.2, 0) is 20.5 Å². The van der Waals surface area contributed by atoms with Crippen LogP contribution in [0.25, 0.3) is 0 Å². The van der Waals surface area contributed by atoms with E-state index in [-0.39, 0.29) is 11.4 Å². The van der Waals surface area contributed by atoms with E-state index in [0.717, 1.165) is 24.3 Å². The van der Waals surface area contributed by atoms with E-state index in [1.54, 1.807) is 37.3 Å². The van der Waals surface area contributed by atoms with Crippen molar-refractivity contribution in [3.05, 3.63) is 83.1 Å². The third-order valence-electron chi connectivity index (χ3n) is 4.34. The smallest absolute Gasteiger partial charge is 0.416 e. The number of carbonyl (C=O) groups excluding carboxylic acids is 3. The molecule has 2 aromatic carbocycles. The Bertz CT molecular complexity index is 1130. The lowest BCUT2D eigenvalue weighted by Crippen LogP contribution is -2.33. The lowest BCUT2D eigenvalue weighted by atomic mass is 10.1. The fraction of sp³-hybridized carbons (Fsp3) is 0.182. The third kappa shape index (κ3) is 6.42. The van der Waals surface area contributed by atoms with Crippen LogP contribution in [0.4, 0.5) is 19.0 Å². The first-order valence-corrected chi connectivity index (χ1v) is 9.57. The fourth-order valence-corrected chi connectivity index (χ4v) is 2.76. The van der Waals surface area contributed by atoms with Gasteiger partial charge in [0.1, 0.15) is 12.3 Å². The second-order valence-electron chi connectivity index (χ2n) is 6.85. The quantitative estimate of drug-likeness (QED) is 0.520. The second-order valence-corrected chi connectivity index (χ2v) is 6.85. The number of nitrogens with zero attached hydrogens (tertiary/aromatic N) is 1. The maximum Gasteiger partial charge on any atom is 0.416 e. The van der Waals surface area contributed by atoms with Gasteiger partial charge < -0.3 is 19.9 Å². The largest absolute Gasteiger partial charge is 0.446 e. The van der Waals surface area contributed by atoms with Gasteiger partial charge in [-0.2, -0.15) is 13.2 Å². The molecule has 0 bridgehead atoms. The number of halogens is 3. The lowest BCUT2D eigenvalue weighted by Gasteiger charge is -2.17. The highest BCUT2D eigenvalue weighted by Gasteiger charge is 2.30. The number of hydrogen-bond donors (Lipinski definition) is 2. The van der Waals surface area contributed by atoms with Gasteiger partial charge in [0.15, 0.2) is 5.82 Å². The minimum atomic E-state index is -4.53. The number of aryl methyl sites for hydroxylation is 1. The van der Waals surface area contributed by atoms with E-state index in [9.17, 15) is 27.6 Å². The van der Waals surface area contributed by atoms with E-state index in [1.807, 2.05) is 0 Å². The number of alkyl halides is 3. The third-order valence-corrected chi connectivity index (χ3v) is 4.34. The normalized spacial score (nSPS) is 12.0. The van der Waals surface area contributed by atoms with Crippen molar-refractivity contribution in [3.63, 3.8) is 0 Å². The highest BCUT2D eigenvalue weighted by molar-refractivity contribution is 5.97. The van der Waals surface area contributed by atoms with Crippen LogP contribution in [-0.4, -0.2) is 29.5 Å². The molecule has 0 saturated carbocycles. The van der Waals surface area contributed by atoms with E-state index < -0.39 is 42.2 Å². The molecule has 0 fully saturated rings. The number of carbonyl (C=O) groups is 3. The van der Waals surface area contributed by atoms with Crippen molar-refractivity contribution < 1.29 is 36.8 Å². The van der Waals surface area contributed by atoms with E-state index in [2.05, 4.69) is 15.8 Å². The number of nitrogens with one attached hydrogen (secondary N) is 2. The molecule has 172 valence electrons. The van der Waals surface area contributed by atoms with Crippen molar-refractivity contribution in [2.45, 2.75) is 19.2 Å². The molecule has 0 radical (unpaired) electrons. The van der Waals surface area contributed by atoms with Crippen molar-refractivity contribution in [2.75, 3.05) is 11.9 Å². The highest BCUT2D eigenvalue weighted by Crippen LogP contribution is 2.29. The number of ether oxygens (including phenoxy) is 1. The first kappa shape index (κ1) is 23.5. The monoisotopic (exact) mass is 461 g/mol. The van der Waals surface area contributed by atoms with Crippen molar-refractivity contribution in [2.24, 2.45) is 0 Å². The van der Waals surface area contributed by atoms with Gasteiger partial charge in [-0.3, -0.25) is 14.4 Å². The van der Waals surface area contributed by atoms with E-state index in [0.29, 0.717) is 11.3 Å². The molecule has 0 aliphatic carbocycles. The van der Waals surface area contributed by atoms with Gasteiger partial charge in [0.2, 0.25) is 6.10 Å². The molecular weight excluding hydrogens is 443 g/mol. The molecule has 33 heavy (non-hydrogen) atoms. The van der Waals surface area contributed by atoms with Gasteiger partial charge in [0.05, 0.1) is 5.56 Å². The zero-order chi connectivity index (χ0) is 24.0. The highest BCUT2D eigenvalue weighted by atomic mass is 19.4. The van der Waals surface area contributed by atoms with Crippen LogP contribution in [0.15, 0.2) is 65.2 Å². The molecule has 0 spiro atoms. The van der Waals surface area contributed by atoms with Crippen LogP contribution in [0.1, 0.15) is 33.3 Å². The summed E-state index contributed by atoms with van der Waals surface area (Å²) in [7, 11) is 0. The van der Waals surface area contributed by atoms with Crippen molar-refractivity contribution >= 4 is 23.6 Å². The number of hydrogen-bond acceptors (Lipinski definition) is 6. The number of amides is 2. The minimum Gasteiger partial charge on any atom is -0.446 e. The summed E-state index contributed by atoms with van der Waals surface area (Å²) in [6, 6.07) is 13.1. The number of rotatable bonds is 7. The van der Waals surface area contributed by atoms with Crippen molar-refractivity contribution in [3.8, 4) is 0 Å². The Kier molecular flexibility index (Phi) is 7.11. The van der Waals surface area contributed by atoms with Crippen LogP contribution in [0.5, 0.6) is 0 Å². The molecule has 1 unspecified atom stereocenters. The van der Waals surface area contributed by atoms with Gasteiger partial charge in [-0.15, -0.1) is 0 Å². The maximum atomic E-state index is 12.7. The Hall–Kier alpha value is -4.15. The number of esters is 1. The Morgan fingerprint density at radius 3 is 2.30 bits per heavy atom. The summed E-state index contributed by atoms with van der Waals surface area (Å²) in [5.41, 5.74) is -0.607. The molecule has 2 amide bonds. The number of benzene rings is 2. The molecule has 0 saturated heterocycles. The zero-order valence-corrected chi connectivity index (χ0v) is 17.2. The molecule has 1 atom stereocenters. The predicted molar refractivity (Wildman–Crippen MR) is 109 cm³/mol. The molecule has 11 heteroatoms. The van der Waals surface area contributed by atoms with Crippen molar-refractivity contribution in [1.82, 2.24) is 10.5 Å². The van der Waals surface area contributed by atoms with E-state index >= 15 is 0 Å². The average Bonchev–Trinajstić information content (AvgIpc) is 3.20. The molecular formula is C22H18F3N3O5. The zero-order valence-electron chi connectivity index (χ0n) is 17.2. The van der Waals surface area contributed by atoms with Gasteiger partial charge in [-0.05, 0) is 31.2 Å². The first-order chi connectivity index (χ1) is 15.6. The predicted octanol–water partition coefficient (Wildman–Crippen LogP) is 3.65. The Balaban J connectivity index is 1.63. The van der Waals surface area contributed by atoms with Gasteiger partial charge in [0.25, 0.3) is 11.8 Å². The fourth-order valence-electron chi connectivity index (χ4n) is 2.76. The van der Waals surface area contributed by atoms with Crippen LogP contribution in [0.3, 0.4) is 0 Å². The van der Waals surface area contributed by atoms with Crippen molar-refractivity contribution in [1.29, 1.82) is 0 Å². The van der Waals surface area contributed by atoms with E-state index in [4.69, 9.17) is 9.26 Å². The summed E-state index contributed by atoms with van der Waals surface area (Å²) in [4.78, 5) is 37.1. The SMILES string of the molecule is Cc1cc(NC(=O)C(OC(=O)CNC(=O)c2ccc(C(F)(F)F)cc2)c2ccccc2)no1. The number of aromatic nitrogens is 1. The van der Waals surface area contributed by atoms with Crippen LogP contribution < -0.4 is 10.6 Å². The molecule has 0 aliphatic rings. The average molecular weight is 461 g/mol. The summed E-state index contributed by atoms with van der Waals surface area (Å²) in [6.45, 7) is 1.02. The molecule has 3 rings (SSSR count). The molecule has 8 nitrogen and oxygen atoms in total. The summed E-state index contributed by atoms with van der Waals surface area (Å²) >= 11 is 0. The number of anilines is 1. The molecule has 0 aliphatic heterocycles. The summed E-state index contributed by atoms with van der Waals surface area (Å²) in [5, 5.41) is 8.38.